The molecule has 0 radical (unpaired) electrons. The number of benzene rings is 1. The quantitative estimate of drug-likeness (QED) is 0.868. The van der Waals surface area contributed by atoms with Crippen LogP contribution in [0.3, 0.4) is 0 Å². The molecule has 1 heterocycles. The average Bonchev–Trinajstić information content (AvgIpc) is 2.66. The van der Waals surface area contributed by atoms with Crippen LogP contribution in [0.15, 0.2) is 18.2 Å². The molecule has 0 aliphatic rings. The monoisotopic (exact) mass is 271 g/mol. The largest absolute Gasteiger partial charge is 0.370 e. The maximum atomic E-state index is 10.8. The van der Waals surface area contributed by atoms with E-state index in [2.05, 4.69) is 4.98 Å². The van der Waals surface area contributed by atoms with Crippen LogP contribution in [0.25, 0.3) is 11.0 Å². The van der Waals surface area contributed by atoms with Crippen LogP contribution < -0.4 is 5.73 Å². The van der Waals surface area contributed by atoms with Crippen molar-refractivity contribution in [3.8, 4) is 0 Å². The zero-order chi connectivity index (χ0) is 12.4. The number of hydrogen-bond donors (Lipinski definition) is 1. The highest BCUT2D eigenvalue weighted by atomic mass is 35.5. The Morgan fingerprint density at radius 2 is 2.24 bits per heavy atom. The molecule has 1 aromatic carbocycles. The van der Waals surface area contributed by atoms with Crippen molar-refractivity contribution >= 4 is 40.1 Å². The second kappa shape index (κ2) is 4.94. The van der Waals surface area contributed by atoms with Gasteiger partial charge in [0.2, 0.25) is 5.91 Å². The minimum Gasteiger partial charge on any atom is -0.370 e. The highest BCUT2D eigenvalue weighted by Crippen LogP contribution is 2.24. The molecule has 0 fully saturated rings. The molecule has 0 unspecified atom stereocenters. The zero-order valence-corrected chi connectivity index (χ0v) is 10.5. The lowest BCUT2D eigenvalue weighted by molar-refractivity contribution is -0.118. The number of aryl methyl sites for hydroxylation is 1. The summed E-state index contributed by atoms with van der Waals surface area (Å²) in [5.41, 5.74) is 6.72. The minimum absolute atomic E-state index is 0.252. The van der Waals surface area contributed by atoms with E-state index >= 15 is 0 Å². The number of imidazole rings is 1. The number of rotatable bonds is 4. The number of primary amides is 1. The fourth-order valence-corrected chi connectivity index (χ4v) is 2.15. The van der Waals surface area contributed by atoms with Crippen LogP contribution in [0.2, 0.25) is 5.02 Å². The predicted molar refractivity (Wildman–Crippen MR) is 68.1 cm³/mol. The predicted octanol–water partition coefficient (Wildman–Crippen LogP) is 2.30. The Morgan fingerprint density at radius 1 is 1.47 bits per heavy atom. The van der Waals surface area contributed by atoms with Crippen LogP contribution in [0, 0.1) is 0 Å². The summed E-state index contributed by atoms with van der Waals surface area (Å²) < 4.78 is 1.87. The van der Waals surface area contributed by atoms with Gasteiger partial charge in [-0.2, -0.15) is 0 Å². The second-order valence-corrected chi connectivity index (χ2v) is 4.31. The van der Waals surface area contributed by atoms with Gasteiger partial charge in [-0.15, -0.1) is 11.6 Å². The molecule has 0 saturated carbocycles. The third kappa shape index (κ3) is 2.37. The summed E-state index contributed by atoms with van der Waals surface area (Å²) in [6.45, 7) is 0.466. The lowest BCUT2D eigenvalue weighted by Gasteiger charge is -2.05. The molecular weight excluding hydrogens is 261 g/mol. The number of alkyl halides is 1. The van der Waals surface area contributed by atoms with Gasteiger partial charge in [0.25, 0.3) is 0 Å². The lowest BCUT2D eigenvalue weighted by atomic mass is 10.3. The van der Waals surface area contributed by atoms with Gasteiger partial charge in [-0.1, -0.05) is 17.7 Å². The molecule has 0 atom stereocenters. The molecule has 2 rings (SSSR count). The topological polar surface area (TPSA) is 60.9 Å². The number of nitrogens with zero attached hydrogens (tertiary/aromatic N) is 2. The lowest BCUT2D eigenvalue weighted by Crippen LogP contribution is -2.14. The van der Waals surface area contributed by atoms with Gasteiger partial charge in [-0.05, 0) is 12.1 Å². The maximum Gasteiger partial charge on any atom is 0.219 e. The van der Waals surface area contributed by atoms with Crippen molar-refractivity contribution in [2.75, 3.05) is 0 Å². The molecule has 17 heavy (non-hydrogen) atoms. The fraction of sp³-hybridized carbons (Fsp3) is 0.273. The van der Waals surface area contributed by atoms with Crippen molar-refractivity contribution in [2.24, 2.45) is 5.73 Å². The van der Waals surface area contributed by atoms with E-state index in [9.17, 15) is 4.79 Å². The van der Waals surface area contributed by atoms with E-state index in [4.69, 9.17) is 28.9 Å². The molecule has 1 amide bonds. The van der Waals surface area contributed by atoms with Gasteiger partial charge in [0.1, 0.15) is 11.3 Å². The summed E-state index contributed by atoms with van der Waals surface area (Å²) in [7, 11) is 0. The fourth-order valence-electron chi connectivity index (χ4n) is 1.73. The maximum absolute atomic E-state index is 10.8. The van der Waals surface area contributed by atoms with Gasteiger partial charge in [-0.25, -0.2) is 4.98 Å². The van der Waals surface area contributed by atoms with Crippen molar-refractivity contribution in [1.82, 2.24) is 9.55 Å². The highest BCUT2D eigenvalue weighted by Gasteiger charge is 2.12. The number of carbonyl (C=O) groups is 1. The molecule has 90 valence electrons. The molecule has 0 aliphatic heterocycles. The Balaban J connectivity index is 2.51. The Bertz CT molecular complexity index is 565. The minimum atomic E-state index is -0.352. The van der Waals surface area contributed by atoms with Gasteiger partial charge in [0.05, 0.1) is 16.4 Å². The Labute approximate surface area is 108 Å². The van der Waals surface area contributed by atoms with E-state index in [-0.39, 0.29) is 18.2 Å². The van der Waals surface area contributed by atoms with Crippen molar-refractivity contribution in [1.29, 1.82) is 0 Å². The smallest absolute Gasteiger partial charge is 0.219 e. The number of halogens is 2. The molecular formula is C11H11Cl2N3O. The SMILES string of the molecule is NC(=O)CCn1c(CCl)nc2c(Cl)cccc21. The normalized spacial score (nSPS) is 10.9. The third-order valence-electron chi connectivity index (χ3n) is 2.51. The summed E-state index contributed by atoms with van der Waals surface area (Å²) in [6, 6.07) is 5.50. The van der Waals surface area contributed by atoms with Crippen molar-refractivity contribution < 1.29 is 4.79 Å². The van der Waals surface area contributed by atoms with E-state index in [0.717, 1.165) is 5.52 Å². The number of aromatic nitrogens is 2. The van der Waals surface area contributed by atoms with Crippen molar-refractivity contribution in [3.63, 3.8) is 0 Å². The summed E-state index contributed by atoms with van der Waals surface area (Å²) in [4.78, 5) is 15.2. The van der Waals surface area contributed by atoms with E-state index in [1.54, 1.807) is 6.07 Å². The van der Waals surface area contributed by atoms with E-state index in [1.807, 2.05) is 16.7 Å². The Morgan fingerprint density at radius 3 is 2.88 bits per heavy atom. The number of nitrogens with two attached hydrogens (primary N) is 1. The molecule has 4 nitrogen and oxygen atoms in total. The van der Waals surface area contributed by atoms with Crippen LogP contribution in [0.1, 0.15) is 12.2 Å². The number of fused-ring (bicyclic) bond motifs is 1. The molecule has 0 aliphatic carbocycles. The van der Waals surface area contributed by atoms with Crippen LogP contribution in [-0.4, -0.2) is 15.5 Å². The zero-order valence-electron chi connectivity index (χ0n) is 8.99. The summed E-state index contributed by atoms with van der Waals surface area (Å²) in [5, 5.41) is 0.576. The molecule has 0 bridgehead atoms. The van der Waals surface area contributed by atoms with Gasteiger partial charge in [0.15, 0.2) is 0 Å². The summed E-state index contributed by atoms with van der Waals surface area (Å²) in [6.07, 6.45) is 0.252. The molecule has 1 aromatic heterocycles. The van der Waals surface area contributed by atoms with Crippen molar-refractivity contribution in [2.45, 2.75) is 18.8 Å². The summed E-state index contributed by atoms with van der Waals surface area (Å²) in [5.74, 6) is 0.606. The Kier molecular flexibility index (Phi) is 3.54. The number of carbonyl (C=O) groups excluding carboxylic acids is 1. The van der Waals surface area contributed by atoms with Crippen LogP contribution in [0.5, 0.6) is 0 Å². The third-order valence-corrected chi connectivity index (χ3v) is 3.05. The first-order valence-electron chi connectivity index (χ1n) is 5.11. The molecule has 6 heteroatoms. The van der Waals surface area contributed by atoms with E-state index in [1.165, 1.54) is 0 Å². The van der Waals surface area contributed by atoms with E-state index in [0.29, 0.717) is 22.9 Å². The Hall–Kier alpha value is -1.26. The molecule has 0 saturated heterocycles. The van der Waals surface area contributed by atoms with Crippen molar-refractivity contribution in [3.05, 3.63) is 29.0 Å². The van der Waals surface area contributed by atoms with Gasteiger partial charge in [-0.3, -0.25) is 4.79 Å². The van der Waals surface area contributed by atoms with Crippen LogP contribution >= 0.6 is 23.2 Å². The number of para-hydroxylation sites is 1. The number of amides is 1. The first kappa shape index (κ1) is 12.2. The van der Waals surface area contributed by atoms with Gasteiger partial charge < -0.3 is 10.3 Å². The highest BCUT2D eigenvalue weighted by molar-refractivity contribution is 6.35. The molecule has 2 N–H and O–H groups in total. The van der Waals surface area contributed by atoms with Crippen LogP contribution in [-0.2, 0) is 17.2 Å². The first-order valence-corrected chi connectivity index (χ1v) is 6.02. The van der Waals surface area contributed by atoms with Gasteiger partial charge in [0, 0.05) is 13.0 Å². The number of hydrogen-bond acceptors (Lipinski definition) is 2. The molecule has 2 aromatic rings. The van der Waals surface area contributed by atoms with E-state index < -0.39 is 0 Å². The van der Waals surface area contributed by atoms with Gasteiger partial charge >= 0.3 is 0 Å². The summed E-state index contributed by atoms with van der Waals surface area (Å²) >= 11 is 11.9. The second-order valence-electron chi connectivity index (χ2n) is 3.64. The van der Waals surface area contributed by atoms with Crippen LogP contribution in [0.4, 0.5) is 0 Å². The average molecular weight is 272 g/mol. The first-order chi connectivity index (χ1) is 8.13. The molecule has 0 spiro atoms. The standard InChI is InChI=1S/C11H11Cl2N3O/c12-6-10-15-11-7(13)2-1-3-8(11)16(10)5-4-9(14)17/h1-3H,4-6H2,(H2,14,17).